The Labute approximate surface area is 148 Å². The molecule has 132 valence electrons. The van der Waals surface area contributed by atoms with Gasteiger partial charge in [-0.15, -0.1) is 12.4 Å². The van der Waals surface area contributed by atoms with E-state index in [4.69, 9.17) is 0 Å². The van der Waals surface area contributed by atoms with E-state index in [9.17, 15) is 9.59 Å². The van der Waals surface area contributed by atoms with E-state index in [1.54, 1.807) is 4.90 Å². The molecule has 7 heteroatoms. The lowest BCUT2D eigenvalue weighted by atomic mass is 10.0. The molecule has 1 aromatic rings. The van der Waals surface area contributed by atoms with Crippen molar-refractivity contribution in [2.45, 2.75) is 31.8 Å². The van der Waals surface area contributed by atoms with Crippen LogP contribution in [0.5, 0.6) is 0 Å². The summed E-state index contributed by atoms with van der Waals surface area (Å²) < 4.78 is 0. The minimum Gasteiger partial charge on any atom is -0.351 e. The fraction of sp³-hybridized carbons (Fsp3) is 0.529. The van der Waals surface area contributed by atoms with E-state index >= 15 is 0 Å². The van der Waals surface area contributed by atoms with Crippen molar-refractivity contribution in [3.63, 3.8) is 0 Å². The summed E-state index contributed by atoms with van der Waals surface area (Å²) >= 11 is 0. The predicted molar refractivity (Wildman–Crippen MR) is 95.2 cm³/mol. The van der Waals surface area contributed by atoms with Crippen molar-refractivity contribution in [2.75, 3.05) is 26.2 Å². The number of halogens is 1. The number of nitrogens with one attached hydrogen (secondary N) is 3. The smallest absolute Gasteiger partial charge is 0.318 e. The largest absolute Gasteiger partial charge is 0.351 e. The van der Waals surface area contributed by atoms with Gasteiger partial charge in [-0.2, -0.15) is 0 Å². The van der Waals surface area contributed by atoms with Crippen molar-refractivity contribution in [3.8, 4) is 0 Å². The molecule has 3 amide bonds. The fourth-order valence-electron chi connectivity index (χ4n) is 3.19. The normalized spacial score (nSPS) is 19.7. The molecule has 0 saturated carbocycles. The van der Waals surface area contributed by atoms with Crippen LogP contribution in [0.25, 0.3) is 0 Å². The summed E-state index contributed by atoms with van der Waals surface area (Å²) in [5.74, 6) is -0.121. The number of urea groups is 1. The number of amides is 3. The Bertz CT molecular complexity index is 575. The van der Waals surface area contributed by atoms with Crippen LogP contribution in [0.1, 0.15) is 24.0 Å². The van der Waals surface area contributed by atoms with Gasteiger partial charge < -0.3 is 20.9 Å². The van der Waals surface area contributed by atoms with E-state index in [0.717, 1.165) is 32.4 Å². The molecule has 3 N–H and O–H groups in total. The lowest BCUT2D eigenvalue weighted by Crippen LogP contribution is -2.50. The highest BCUT2D eigenvalue weighted by molar-refractivity contribution is 5.85. The molecule has 3 rings (SSSR count). The van der Waals surface area contributed by atoms with Crippen LogP contribution in [0.3, 0.4) is 0 Å². The van der Waals surface area contributed by atoms with Crippen molar-refractivity contribution >= 4 is 24.3 Å². The van der Waals surface area contributed by atoms with Crippen LogP contribution in [-0.4, -0.2) is 49.1 Å². The third-order valence-electron chi connectivity index (χ3n) is 4.48. The summed E-state index contributed by atoms with van der Waals surface area (Å²) in [5.41, 5.74) is 2.49. The molecule has 1 aromatic carbocycles. The lowest BCUT2D eigenvalue weighted by molar-refractivity contribution is -0.120. The average Bonchev–Trinajstić information content (AvgIpc) is 2.60. The highest BCUT2D eigenvalue weighted by Crippen LogP contribution is 2.18. The van der Waals surface area contributed by atoms with E-state index in [-0.39, 0.29) is 36.9 Å². The minimum atomic E-state index is -0.170. The van der Waals surface area contributed by atoms with E-state index < -0.39 is 0 Å². The van der Waals surface area contributed by atoms with Gasteiger partial charge in [0.2, 0.25) is 5.91 Å². The van der Waals surface area contributed by atoms with Crippen molar-refractivity contribution in [3.05, 3.63) is 35.4 Å². The maximum absolute atomic E-state index is 12.2. The van der Waals surface area contributed by atoms with E-state index in [1.165, 1.54) is 11.1 Å². The summed E-state index contributed by atoms with van der Waals surface area (Å²) in [6.07, 6.45) is 2.93. The first-order chi connectivity index (χ1) is 11.2. The van der Waals surface area contributed by atoms with Gasteiger partial charge in [0.25, 0.3) is 0 Å². The molecule has 2 heterocycles. The molecule has 24 heavy (non-hydrogen) atoms. The number of piperidine rings is 1. The van der Waals surface area contributed by atoms with Crippen LogP contribution in [0.15, 0.2) is 24.3 Å². The first kappa shape index (κ1) is 18.5. The number of hydrogen-bond donors (Lipinski definition) is 3. The lowest BCUT2D eigenvalue weighted by Gasteiger charge is -2.29. The summed E-state index contributed by atoms with van der Waals surface area (Å²) in [6.45, 7) is 3.16. The maximum Gasteiger partial charge on any atom is 0.318 e. The highest BCUT2D eigenvalue weighted by Gasteiger charge is 2.21. The third-order valence-corrected chi connectivity index (χ3v) is 4.48. The molecule has 2 aliphatic rings. The van der Waals surface area contributed by atoms with Crippen molar-refractivity contribution in [1.82, 2.24) is 20.9 Å². The summed E-state index contributed by atoms with van der Waals surface area (Å²) in [7, 11) is 0. The number of hydrogen-bond acceptors (Lipinski definition) is 3. The number of nitrogens with zero attached hydrogens (tertiary/aromatic N) is 1. The van der Waals surface area contributed by atoms with Gasteiger partial charge >= 0.3 is 6.03 Å². The van der Waals surface area contributed by atoms with Crippen LogP contribution in [0.4, 0.5) is 4.79 Å². The second-order valence-corrected chi connectivity index (χ2v) is 6.21. The van der Waals surface area contributed by atoms with Crippen LogP contribution < -0.4 is 16.0 Å². The van der Waals surface area contributed by atoms with Crippen LogP contribution in [0, 0.1) is 0 Å². The molecular formula is C17H25ClN4O2. The van der Waals surface area contributed by atoms with E-state index in [1.807, 2.05) is 12.1 Å². The number of fused-ring (bicyclic) bond motifs is 1. The zero-order valence-electron chi connectivity index (χ0n) is 13.7. The van der Waals surface area contributed by atoms with Crippen molar-refractivity contribution in [1.29, 1.82) is 0 Å². The van der Waals surface area contributed by atoms with Gasteiger partial charge in [-0.25, -0.2) is 4.79 Å². The first-order valence-corrected chi connectivity index (χ1v) is 8.32. The quantitative estimate of drug-likeness (QED) is 0.761. The summed E-state index contributed by atoms with van der Waals surface area (Å²) in [4.78, 5) is 25.9. The van der Waals surface area contributed by atoms with Gasteiger partial charge in [0.05, 0.1) is 6.54 Å². The Morgan fingerprint density at radius 1 is 1.25 bits per heavy atom. The zero-order chi connectivity index (χ0) is 16.1. The van der Waals surface area contributed by atoms with Gasteiger partial charge in [-0.3, -0.25) is 4.79 Å². The van der Waals surface area contributed by atoms with Gasteiger partial charge in [0, 0.05) is 25.7 Å². The minimum absolute atomic E-state index is 0. The Hall–Kier alpha value is -1.79. The molecule has 0 radical (unpaired) electrons. The highest BCUT2D eigenvalue weighted by atomic mass is 35.5. The standard InChI is InChI=1S/C17H24N4O2.ClH/c22-16(20-15-6-3-8-18-10-15)11-19-17(23)21-9-7-13-4-1-2-5-14(13)12-21;/h1-2,4-5,15,18H,3,6-12H2,(H,19,23)(H,20,22);1H/t15-;/m0./s1. The number of carbonyl (C=O) groups is 2. The maximum atomic E-state index is 12.2. The Balaban J connectivity index is 0.00000208. The SMILES string of the molecule is Cl.O=C(CNC(=O)N1CCc2ccccc2C1)N[C@H]1CCCNC1. The Morgan fingerprint density at radius 3 is 2.79 bits per heavy atom. The van der Waals surface area contributed by atoms with E-state index in [2.05, 4.69) is 28.1 Å². The molecule has 0 aromatic heterocycles. The molecule has 1 saturated heterocycles. The monoisotopic (exact) mass is 352 g/mol. The zero-order valence-corrected chi connectivity index (χ0v) is 14.5. The molecule has 1 fully saturated rings. The molecule has 2 aliphatic heterocycles. The predicted octanol–water partition coefficient (Wildman–Crippen LogP) is 1.04. The second-order valence-electron chi connectivity index (χ2n) is 6.21. The average molecular weight is 353 g/mol. The Morgan fingerprint density at radius 2 is 2.04 bits per heavy atom. The van der Waals surface area contributed by atoms with Crippen LogP contribution in [0.2, 0.25) is 0 Å². The number of benzene rings is 1. The van der Waals surface area contributed by atoms with Crippen molar-refractivity contribution < 1.29 is 9.59 Å². The molecular weight excluding hydrogens is 328 g/mol. The summed E-state index contributed by atoms with van der Waals surface area (Å²) in [6, 6.07) is 8.19. The van der Waals surface area contributed by atoms with Gasteiger partial charge in [0.1, 0.15) is 0 Å². The van der Waals surface area contributed by atoms with Crippen LogP contribution in [-0.2, 0) is 17.8 Å². The van der Waals surface area contributed by atoms with Gasteiger partial charge in [-0.1, -0.05) is 24.3 Å². The topological polar surface area (TPSA) is 73.5 Å². The fourth-order valence-corrected chi connectivity index (χ4v) is 3.19. The molecule has 0 unspecified atom stereocenters. The molecule has 1 atom stereocenters. The third kappa shape index (κ3) is 4.85. The van der Waals surface area contributed by atoms with E-state index in [0.29, 0.717) is 13.1 Å². The number of rotatable bonds is 3. The molecule has 0 aliphatic carbocycles. The molecule has 0 spiro atoms. The Kier molecular flexibility index (Phi) is 6.87. The molecule has 0 bridgehead atoms. The van der Waals surface area contributed by atoms with Gasteiger partial charge in [-0.05, 0) is 36.9 Å². The second kappa shape index (κ2) is 8.89. The summed E-state index contributed by atoms with van der Waals surface area (Å²) in [5, 5.41) is 8.94. The van der Waals surface area contributed by atoms with Crippen LogP contribution >= 0.6 is 12.4 Å². The number of carbonyl (C=O) groups excluding carboxylic acids is 2. The van der Waals surface area contributed by atoms with Crippen molar-refractivity contribution in [2.24, 2.45) is 0 Å². The molecule has 6 nitrogen and oxygen atoms in total. The first-order valence-electron chi connectivity index (χ1n) is 8.32. The van der Waals surface area contributed by atoms with Gasteiger partial charge in [0.15, 0.2) is 0 Å².